The Hall–Kier alpha value is -3.57. The predicted octanol–water partition coefficient (Wildman–Crippen LogP) is 3.18. The number of hydrogen-bond acceptors (Lipinski definition) is 8. The van der Waals surface area contributed by atoms with Gasteiger partial charge in [-0.1, -0.05) is 12.1 Å². The van der Waals surface area contributed by atoms with Gasteiger partial charge in [-0.25, -0.2) is 25.1 Å². The molecule has 1 unspecified atom stereocenters. The molecule has 0 bridgehead atoms. The summed E-state index contributed by atoms with van der Waals surface area (Å²) in [5, 5.41) is 22.9. The molecule has 204 valence electrons. The van der Waals surface area contributed by atoms with Crippen molar-refractivity contribution in [1.29, 1.82) is 5.26 Å². The van der Waals surface area contributed by atoms with Gasteiger partial charge in [0.25, 0.3) is 0 Å². The highest BCUT2D eigenvalue weighted by Crippen LogP contribution is 2.46. The zero-order valence-electron chi connectivity index (χ0n) is 20.6. The first-order chi connectivity index (χ1) is 17.6. The molecule has 0 spiro atoms. The number of rotatable bonds is 11. The van der Waals surface area contributed by atoms with Gasteiger partial charge in [0.1, 0.15) is 29.8 Å². The minimum Gasteiger partial charge on any atom is -0.480 e. The van der Waals surface area contributed by atoms with E-state index < -0.39 is 43.6 Å². The topological polar surface area (TPSA) is 181 Å². The second-order valence-corrected chi connectivity index (χ2v) is 11.3. The summed E-state index contributed by atoms with van der Waals surface area (Å²) >= 11 is 0. The second kappa shape index (κ2) is 11.0. The third-order valence-corrected chi connectivity index (χ3v) is 7.57. The number of anilines is 1. The van der Waals surface area contributed by atoms with Gasteiger partial charge < -0.3 is 20.1 Å². The number of alkyl halides is 3. The Morgan fingerprint density at radius 3 is 2.50 bits per heavy atom. The van der Waals surface area contributed by atoms with Crippen LogP contribution in [-0.2, 0) is 20.6 Å². The third kappa shape index (κ3) is 6.84. The number of hydrogen-bond donors (Lipinski definition) is 4. The van der Waals surface area contributed by atoms with E-state index in [4.69, 9.17) is 15.7 Å². The summed E-state index contributed by atoms with van der Waals surface area (Å²) in [6.45, 7) is 4.04. The molecule has 0 aliphatic rings. The van der Waals surface area contributed by atoms with Crippen molar-refractivity contribution in [3.8, 4) is 6.07 Å². The number of nitrogen functional groups attached to an aromatic ring is 1. The smallest absolute Gasteiger partial charge is 0.408 e. The van der Waals surface area contributed by atoms with Crippen molar-refractivity contribution in [3.05, 3.63) is 48.0 Å². The molecule has 0 saturated heterocycles. The third-order valence-electron chi connectivity index (χ3n) is 5.46. The van der Waals surface area contributed by atoms with E-state index in [1.807, 2.05) is 6.07 Å². The lowest BCUT2D eigenvalue weighted by atomic mass is 10.1. The van der Waals surface area contributed by atoms with E-state index in [0.717, 1.165) is 12.1 Å². The number of fused-ring (bicyclic) bond motifs is 1. The minimum atomic E-state index is -4.92. The van der Waals surface area contributed by atoms with Crippen molar-refractivity contribution in [2.45, 2.75) is 51.2 Å². The molecule has 1 aromatic carbocycles. The maximum atomic E-state index is 14.1. The molecular weight excluding hydrogens is 528 g/mol. The number of ether oxygens (including phenoxy) is 1. The largest absolute Gasteiger partial charge is 0.480 e. The van der Waals surface area contributed by atoms with E-state index >= 15 is 0 Å². The van der Waals surface area contributed by atoms with Gasteiger partial charge in [0, 0.05) is 0 Å². The molecule has 0 saturated carbocycles. The molecule has 3 rings (SSSR count). The highest BCUT2D eigenvalue weighted by Gasteiger charge is 2.46. The first-order valence-electron chi connectivity index (χ1n) is 11.1. The molecule has 5 N–H and O–H groups in total. The number of nitriles is 1. The monoisotopic (exact) mass is 554 g/mol. The number of aromatic nitrogens is 4. The number of carbonyl (C=O) groups is 1. The predicted molar refractivity (Wildman–Crippen MR) is 131 cm³/mol. The lowest BCUT2D eigenvalue weighted by molar-refractivity contribution is -0.153. The Morgan fingerprint density at radius 1 is 1.26 bits per heavy atom. The van der Waals surface area contributed by atoms with Crippen LogP contribution in [0.3, 0.4) is 0 Å². The van der Waals surface area contributed by atoms with Gasteiger partial charge in [0.05, 0.1) is 30.6 Å². The van der Waals surface area contributed by atoms with Crippen LogP contribution < -0.4 is 15.9 Å². The van der Waals surface area contributed by atoms with Gasteiger partial charge in [0.2, 0.25) is 7.44 Å². The quantitative estimate of drug-likeness (QED) is 0.256. The normalized spacial score (nSPS) is 15.5. The fourth-order valence-electron chi connectivity index (χ4n) is 3.49. The molecule has 0 fully saturated rings. The van der Waals surface area contributed by atoms with E-state index in [-0.39, 0.29) is 23.5 Å². The standard InChI is InChI=1S/C22H26F3N8O4P/c1-13(9-33-11-30-16-18(27)28-10-29-19(16)33)37-12-38(36,32-21(2,3)20(34)35)31-17(22(23,24)25)15-6-4-14(8-26)5-7-15/h4-7,10-11,13,17H,9,12H2,1-3H3,(H,34,35)(H2,27,28,29)(H2,31,32,36)/t13-,17+,38?/m0/s1. The van der Waals surface area contributed by atoms with Crippen LogP contribution in [0.25, 0.3) is 11.2 Å². The fourth-order valence-corrected chi connectivity index (χ4v) is 5.87. The molecule has 38 heavy (non-hydrogen) atoms. The molecule has 12 nitrogen and oxygen atoms in total. The van der Waals surface area contributed by atoms with Gasteiger partial charge in [-0.15, -0.1) is 0 Å². The summed E-state index contributed by atoms with van der Waals surface area (Å²) in [5.74, 6) is -1.27. The average molecular weight is 554 g/mol. The SMILES string of the molecule is C[C@@H](Cn1cnc2c(N)ncnc21)OCP(=O)(N[C@H](c1ccc(C#N)cc1)C(F)(F)F)NC(C)(C)C(=O)O. The first kappa shape index (κ1) is 29.0. The highest BCUT2D eigenvalue weighted by atomic mass is 31.2. The minimum absolute atomic E-state index is 0.119. The van der Waals surface area contributed by atoms with Crippen LogP contribution >= 0.6 is 7.44 Å². The molecule has 0 aliphatic carbocycles. The van der Waals surface area contributed by atoms with Gasteiger partial charge in [-0.2, -0.15) is 18.4 Å². The van der Waals surface area contributed by atoms with Gasteiger partial charge in [-0.05, 0) is 38.5 Å². The number of nitrogens with two attached hydrogens (primary N) is 1. The highest BCUT2D eigenvalue weighted by molar-refractivity contribution is 7.59. The van der Waals surface area contributed by atoms with E-state index in [2.05, 4.69) is 25.1 Å². The number of carboxylic acid groups (broad SMARTS) is 1. The Balaban J connectivity index is 1.86. The molecule has 2 heterocycles. The Kier molecular flexibility index (Phi) is 8.42. The van der Waals surface area contributed by atoms with Gasteiger partial charge in [0.15, 0.2) is 11.5 Å². The zero-order valence-corrected chi connectivity index (χ0v) is 21.5. The maximum absolute atomic E-state index is 14.1. The van der Waals surface area contributed by atoms with Gasteiger partial charge >= 0.3 is 12.1 Å². The molecular formula is C22H26F3N8O4P. The number of imidazole rings is 1. The molecule has 2 aromatic heterocycles. The lowest BCUT2D eigenvalue weighted by Crippen LogP contribution is -2.49. The zero-order chi connectivity index (χ0) is 28.3. The summed E-state index contributed by atoms with van der Waals surface area (Å²) in [5.41, 5.74) is 4.48. The van der Waals surface area contributed by atoms with Crippen molar-refractivity contribution in [2.24, 2.45) is 0 Å². The number of nitrogens with zero attached hydrogens (tertiary/aromatic N) is 5. The van der Waals surface area contributed by atoms with E-state index in [1.165, 1.54) is 38.6 Å². The van der Waals surface area contributed by atoms with Crippen LogP contribution in [0.4, 0.5) is 19.0 Å². The Morgan fingerprint density at radius 2 is 1.92 bits per heavy atom. The van der Waals surface area contributed by atoms with E-state index in [9.17, 15) is 27.6 Å². The number of aliphatic carboxylic acids is 1. The average Bonchev–Trinajstić information content (AvgIpc) is 3.24. The second-order valence-electron chi connectivity index (χ2n) is 9.05. The van der Waals surface area contributed by atoms with E-state index in [1.54, 1.807) is 11.5 Å². The van der Waals surface area contributed by atoms with Crippen LogP contribution in [-0.4, -0.2) is 54.8 Å². The Labute approximate surface area is 215 Å². The van der Waals surface area contributed by atoms with Crippen LogP contribution in [0.1, 0.15) is 37.9 Å². The number of benzene rings is 1. The first-order valence-corrected chi connectivity index (χ1v) is 13.0. The van der Waals surface area contributed by atoms with Crippen LogP contribution in [0.2, 0.25) is 0 Å². The van der Waals surface area contributed by atoms with Crippen molar-refractivity contribution < 1.29 is 32.4 Å². The molecule has 0 amide bonds. The lowest BCUT2D eigenvalue weighted by Gasteiger charge is -2.33. The van der Waals surface area contributed by atoms with E-state index in [0.29, 0.717) is 11.2 Å². The van der Waals surface area contributed by atoms with Crippen molar-refractivity contribution >= 4 is 30.4 Å². The number of halogens is 3. The molecule has 3 atom stereocenters. The maximum Gasteiger partial charge on any atom is 0.408 e. The van der Waals surface area contributed by atoms with Crippen molar-refractivity contribution in [2.75, 3.05) is 12.1 Å². The summed E-state index contributed by atoms with van der Waals surface area (Å²) in [6, 6.07) is 3.91. The summed E-state index contributed by atoms with van der Waals surface area (Å²) in [7, 11) is -4.39. The molecule has 3 aromatic rings. The summed E-state index contributed by atoms with van der Waals surface area (Å²) < 4.78 is 63.3. The summed E-state index contributed by atoms with van der Waals surface area (Å²) in [6.07, 6.45) is -3.73. The molecule has 16 heteroatoms. The van der Waals surface area contributed by atoms with Crippen molar-refractivity contribution in [1.82, 2.24) is 29.7 Å². The number of nitrogens with one attached hydrogen (secondary N) is 2. The van der Waals surface area contributed by atoms with Crippen LogP contribution in [0.15, 0.2) is 36.9 Å². The molecule has 0 aliphatic heterocycles. The fraction of sp³-hybridized carbons (Fsp3) is 0.409. The van der Waals surface area contributed by atoms with Crippen LogP contribution in [0, 0.1) is 11.3 Å². The van der Waals surface area contributed by atoms with Crippen molar-refractivity contribution in [3.63, 3.8) is 0 Å². The number of carboxylic acids is 1. The van der Waals surface area contributed by atoms with Crippen LogP contribution in [0.5, 0.6) is 0 Å². The summed E-state index contributed by atoms with van der Waals surface area (Å²) in [4.78, 5) is 23.8. The Bertz CT molecular complexity index is 1390. The van der Waals surface area contributed by atoms with Gasteiger partial charge in [-0.3, -0.25) is 9.36 Å². The molecule has 0 radical (unpaired) electrons.